The largest absolute Gasteiger partial charge is 0.497 e. The summed E-state index contributed by atoms with van der Waals surface area (Å²) in [5.41, 5.74) is 1.90. The summed E-state index contributed by atoms with van der Waals surface area (Å²) in [6.07, 6.45) is 3.79. The molecule has 0 aromatic heterocycles. The minimum Gasteiger partial charge on any atom is -0.497 e. The van der Waals surface area contributed by atoms with E-state index in [2.05, 4.69) is 22.3 Å². The predicted molar refractivity (Wildman–Crippen MR) is 132 cm³/mol. The summed E-state index contributed by atoms with van der Waals surface area (Å²) < 4.78 is 16.5. The molecule has 3 heterocycles. The van der Waals surface area contributed by atoms with Gasteiger partial charge >= 0.3 is 0 Å². The molecule has 0 saturated carbocycles. The van der Waals surface area contributed by atoms with E-state index in [0.29, 0.717) is 37.8 Å². The zero-order valence-corrected chi connectivity index (χ0v) is 20.2. The fourth-order valence-electron chi connectivity index (χ4n) is 5.19. The molecule has 186 valence electrons. The standard InChI is InChI=1S/C27H33N3O5/c1-33-22-8-5-19(6-9-22)23(29-11-3-2-4-12-29)17-28-27(32)20-15-26(31)30(18-20)21-7-10-24-25(16-21)35-14-13-34-24/h5-10,16,20,23H,2-4,11-15,17-18H2,1H3,(H,28,32)/t20-,23+/m1/s1. The third kappa shape index (κ3) is 5.22. The number of hydrogen-bond donors (Lipinski definition) is 1. The first-order valence-corrected chi connectivity index (χ1v) is 12.5. The summed E-state index contributed by atoms with van der Waals surface area (Å²) in [7, 11) is 1.66. The average Bonchev–Trinajstić information content (AvgIpc) is 3.31. The van der Waals surface area contributed by atoms with E-state index in [9.17, 15) is 9.59 Å². The molecule has 2 amide bonds. The minimum atomic E-state index is -0.381. The van der Waals surface area contributed by atoms with E-state index in [1.165, 1.54) is 19.3 Å². The topological polar surface area (TPSA) is 80.3 Å². The van der Waals surface area contributed by atoms with Gasteiger partial charge in [-0.05, 0) is 55.8 Å². The number of hydrogen-bond acceptors (Lipinski definition) is 6. The Kier molecular flexibility index (Phi) is 7.08. The molecule has 2 atom stereocenters. The maximum Gasteiger partial charge on any atom is 0.227 e. The summed E-state index contributed by atoms with van der Waals surface area (Å²) in [4.78, 5) is 30.1. The quantitative estimate of drug-likeness (QED) is 0.657. The number of rotatable bonds is 7. The van der Waals surface area contributed by atoms with Crippen molar-refractivity contribution in [2.75, 3.05) is 51.4 Å². The third-order valence-corrected chi connectivity index (χ3v) is 7.13. The first-order chi connectivity index (χ1) is 17.1. The van der Waals surface area contributed by atoms with Crippen molar-refractivity contribution in [2.24, 2.45) is 5.92 Å². The van der Waals surface area contributed by atoms with Crippen molar-refractivity contribution < 1.29 is 23.8 Å². The number of nitrogens with one attached hydrogen (secondary N) is 1. The minimum absolute atomic E-state index is 0.0513. The second-order valence-corrected chi connectivity index (χ2v) is 9.36. The van der Waals surface area contributed by atoms with Crippen LogP contribution in [0, 0.1) is 5.92 Å². The highest BCUT2D eigenvalue weighted by atomic mass is 16.6. The van der Waals surface area contributed by atoms with Crippen LogP contribution in [0.1, 0.15) is 37.3 Å². The van der Waals surface area contributed by atoms with Crippen molar-refractivity contribution in [3.05, 3.63) is 48.0 Å². The zero-order chi connectivity index (χ0) is 24.2. The number of fused-ring (bicyclic) bond motifs is 1. The van der Waals surface area contributed by atoms with Crippen molar-refractivity contribution in [3.8, 4) is 17.2 Å². The maximum absolute atomic E-state index is 13.1. The van der Waals surface area contributed by atoms with Gasteiger partial charge in [-0.1, -0.05) is 18.6 Å². The van der Waals surface area contributed by atoms with Gasteiger partial charge in [0, 0.05) is 31.3 Å². The summed E-state index contributed by atoms with van der Waals surface area (Å²) in [6, 6.07) is 13.7. The molecule has 2 aromatic rings. The van der Waals surface area contributed by atoms with Gasteiger partial charge in [0.2, 0.25) is 11.8 Å². The molecule has 0 spiro atoms. The lowest BCUT2D eigenvalue weighted by Gasteiger charge is -2.35. The Labute approximate surface area is 206 Å². The van der Waals surface area contributed by atoms with Gasteiger partial charge in [-0.15, -0.1) is 0 Å². The van der Waals surface area contributed by atoms with Gasteiger partial charge in [-0.2, -0.15) is 0 Å². The molecule has 0 unspecified atom stereocenters. The normalized spacial score (nSPS) is 21.0. The molecule has 2 saturated heterocycles. The summed E-state index contributed by atoms with van der Waals surface area (Å²) in [5, 5.41) is 3.16. The summed E-state index contributed by atoms with van der Waals surface area (Å²) in [6.45, 7) is 3.92. The van der Waals surface area contributed by atoms with Gasteiger partial charge in [0.15, 0.2) is 11.5 Å². The monoisotopic (exact) mass is 479 g/mol. The Hall–Kier alpha value is -3.26. The van der Waals surface area contributed by atoms with Crippen LogP contribution in [0.5, 0.6) is 17.2 Å². The fraction of sp³-hybridized carbons (Fsp3) is 0.481. The van der Waals surface area contributed by atoms with Gasteiger partial charge in [0.1, 0.15) is 19.0 Å². The van der Waals surface area contributed by atoms with Crippen LogP contribution in [0.3, 0.4) is 0 Å². The lowest BCUT2D eigenvalue weighted by molar-refractivity contribution is -0.126. The number of ether oxygens (including phenoxy) is 3. The molecule has 3 aliphatic rings. The zero-order valence-electron chi connectivity index (χ0n) is 20.2. The van der Waals surface area contributed by atoms with Crippen LogP contribution in [0.25, 0.3) is 0 Å². The highest BCUT2D eigenvalue weighted by Crippen LogP contribution is 2.36. The molecular formula is C27H33N3O5. The molecular weight excluding hydrogens is 446 g/mol. The second kappa shape index (κ2) is 10.6. The Balaban J connectivity index is 1.24. The molecule has 1 N–H and O–H groups in total. The number of carbonyl (C=O) groups excluding carboxylic acids is 2. The molecule has 5 rings (SSSR count). The predicted octanol–water partition coefficient (Wildman–Crippen LogP) is 3.16. The number of carbonyl (C=O) groups is 2. The number of piperidine rings is 1. The number of amides is 2. The van der Waals surface area contributed by atoms with Crippen molar-refractivity contribution in [1.82, 2.24) is 10.2 Å². The van der Waals surface area contributed by atoms with Crippen LogP contribution in [0.4, 0.5) is 5.69 Å². The average molecular weight is 480 g/mol. The fourth-order valence-corrected chi connectivity index (χ4v) is 5.19. The van der Waals surface area contributed by atoms with E-state index in [-0.39, 0.29) is 30.2 Å². The van der Waals surface area contributed by atoms with E-state index >= 15 is 0 Å². The van der Waals surface area contributed by atoms with Gasteiger partial charge in [0.25, 0.3) is 0 Å². The van der Waals surface area contributed by atoms with Crippen LogP contribution < -0.4 is 24.4 Å². The van der Waals surface area contributed by atoms with Crippen LogP contribution in [0.2, 0.25) is 0 Å². The molecule has 3 aliphatic heterocycles. The van der Waals surface area contributed by atoms with E-state index < -0.39 is 0 Å². The second-order valence-electron chi connectivity index (χ2n) is 9.36. The van der Waals surface area contributed by atoms with Crippen molar-refractivity contribution in [1.29, 1.82) is 0 Å². The van der Waals surface area contributed by atoms with Gasteiger partial charge in [-0.3, -0.25) is 14.5 Å². The van der Waals surface area contributed by atoms with Gasteiger partial charge in [0.05, 0.1) is 19.1 Å². The highest BCUT2D eigenvalue weighted by molar-refractivity contribution is 6.00. The first kappa shape index (κ1) is 23.5. The van der Waals surface area contributed by atoms with Crippen LogP contribution >= 0.6 is 0 Å². The number of methoxy groups -OCH3 is 1. The number of likely N-dealkylation sites (tertiary alicyclic amines) is 1. The van der Waals surface area contributed by atoms with E-state index in [0.717, 1.165) is 30.1 Å². The van der Waals surface area contributed by atoms with Gasteiger partial charge in [-0.25, -0.2) is 0 Å². The molecule has 0 radical (unpaired) electrons. The smallest absolute Gasteiger partial charge is 0.227 e. The molecule has 8 heteroatoms. The molecule has 2 aromatic carbocycles. The van der Waals surface area contributed by atoms with Crippen LogP contribution in [0.15, 0.2) is 42.5 Å². The third-order valence-electron chi connectivity index (χ3n) is 7.13. The highest BCUT2D eigenvalue weighted by Gasteiger charge is 2.36. The Morgan fingerprint density at radius 1 is 1.06 bits per heavy atom. The maximum atomic E-state index is 13.1. The van der Waals surface area contributed by atoms with Crippen molar-refractivity contribution in [3.63, 3.8) is 0 Å². The number of nitrogens with zero attached hydrogens (tertiary/aromatic N) is 2. The van der Waals surface area contributed by atoms with Gasteiger partial charge < -0.3 is 24.4 Å². The Morgan fingerprint density at radius 2 is 1.80 bits per heavy atom. The lowest BCUT2D eigenvalue weighted by atomic mass is 10.0. The molecule has 0 bridgehead atoms. The Bertz CT molecular complexity index is 1050. The first-order valence-electron chi connectivity index (χ1n) is 12.5. The summed E-state index contributed by atoms with van der Waals surface area (Å²) >= 11 is 0. The molecule has 8 nitrogen and oxygen atoms in total. The number of anilines is 1. The molecule has 35 heavy (non-hydrogen) atoms. The number of benzene rings is 2. The van der Waals surface area contributed by atoms with E-state index in [1.807, 2.05) is 30.3 Å². The summed E-state index contributed by atoms with van der Waals surface area (Å²) in [5.74, 6) is 1.63. The Morgan fingerprint density at radius 3 is 2.54 bits per heavy atom. The van der Waals surface area contributed by atoms with E-state index in [1.54, 1.807) is 12.0 Å². The van der Waals surface area contributed by atoms with Crippen LogP contribution in [-0.2, 0) is 9.59 Å². The van der Waals surface area contributed by atoms with Crippen molar-refractivity contribution >= 4 is 17.5 Å². The lowest BCUT2D eigenvalue weighted by Crippen LogP contribution is -2.42. The van der Waals surface area contributed by atoms with Crippen molar-refractivity contribution in [2.45, 2.75) is 31.7 Å². The molecule has 2 fully saturated rings. The SMILES string of the molecule is COc1ccc([C@H](CNC(=O)[C@@H]2CC(=O)N(c3ccc4c(c3)OCCO4)C2)N2CCCCC2)cc1. The van der Waals surface area contributed by atoms with E-state index in [4.69, 9.17) is 14.2 Å². The van der Waals surface area contributed by atoms with Crippen LogP contribution in [-0.4, -0.2) is 63.2 Å². The molecule has 0 aliphatic carbocycles.